The van der Waals surface area contributed by atoms with Gasteiger partial charge in [-0.05, 0) is 55.6 Å². The first-order chi connectivity index (χ1) is 18.0. The summed E-state index contributed by atoms with van der Waals surface area (Å²) < 4.78 is 5.58. The van der Waals surface area contributed by atoms with Crippen LogP contribution in [-0.4, -0.2) is 98.0 Å². The lowest BCUT2D eigenvalue weighted by Crippen LogP contribution is -2.55. The fraction of sp³-hybridized carbons (Fsp3) is 0.654. The Kier molecular flexibility index (Phi) is 7.64. The molecule has 1 aliphatic carbocycles. The van der Waals surface area contributed by atoms with Crippen LogP contribution in [0.5, 0.6) is 0 Å². The zero-order chi connectivity index (χ0) is 25.9. The molecule has 0 bridgehead atoms. The first kappa shape index (κ1) is 25.5. The number of ether oxygens (including phenoxy) is 1. The number of nitrogens with one attached hydrogen (secondary N) is 1. The fourth-order valence-corrected chi connectivity index (χ4v) is 6.17. The van der Waals surface area contributed by atoms with E-state index >= 15 is 0 Å². The maximum atomic E-state index is 13.9. The molecule has 0 unspecified atom stereocenters. The molecule has 4 atom stereocenters. The second-order valence-electron chi connectivity index (χ2n) is 10.6. The van der Waals surface area contributed by atoms with E-state index in [0.29, 0.717) is 5.56 Å². The number of hydrogen-bond acceptors (Lipinski definition) is 7. The van der Waals surface area contributed by atoms with Crippen molar-refractivity contribution in [3.8, 4) is 0 Å². The maximum absolute atomic E-state index is 13.9. The predicted octanol–water partition coefficient (Wildman–Crippen LogP) is 1.97. The second kappa shape index (κ2) is 11.1. The third-order valence-electron chi connectivity index (χ3n) is 8.31. The van der Waals surface area contributed by atoms with E-state index in [1.807, 2.05) is 24.3 Å². The largest absolute Gasteiger partial charge is 0.369 e. The van der Waals surface area contributed by atoms with Crippen molar-refractivity contribution in [3.63, 3.8) is 0 Å². The average molecular weight is 510 g/mol. The fourth-order valence-electron chi connectivity index (χ4n) is 6.17. The van der Waals surface area contributed by atoms with Crippen molar-refractivity contribution in [1.29, 1.82) is 0 Å². The van der Waals surface area contributed by atoms with Crippen molar-refractivity contribution in [2.45, 2.75) is 56.3 Å². The number of ketones is 1. The molecule has 11 nitrogen and oxygen atoms in total. The Morgan fingerprint density at radius 3 is 2.49 bits per heavy atom. The van der Waals surface area contributed by atoms with Crippen LogP contribution in [0.4, 0.5) is 5.69 Å². The lowest BCUT2D eigenvalue weighted by Gasteiger charge is -2.34. The number of likely N-dealkylation sites (tertiary alicyclic amines) is 1. The van der Waals surface area contributed by atoms with Gasteiger partial charge in [-0.15, -0.1) is 0 Å². The van der Waals surface area contributed by atoms with Gasteiger partial charge in [-0.1, -0.05) is 24.4 Å². The number of nitrogens with zero attached hydrogens (tertiary/aromatic N) is 6. The van der Waals surface area contributed by atoms with E-state index in [1.165, 1.54) is 4.90 Å². The Hall–Kier alpha value is -3.14. The molecular formula is C26H35N7O4. The molecular weight excluding hydrogens is 474 g/mol. The van der Waals surface area contributed by atoms with Crippen LogP contribution in [0.3, 0.4) is 0 Å². The Labute approximate surface area is 216 Å². The number of rotatable bonds is 6. The molecule has 37 heavy (non-hydrogen) atoms. The smallest absolute Gasteiger partial charge is 0.251 e. The Morgan fingerprint density at radius 2 is 1.81 bits per heavy atom. The molecule has 1 saturated carbocycles. The van der Waals surface area contributed by atoms with Crippen molar-refractivity contribution < 1.29 is 19.1 Å². The van der Waals surface area contributed by atoms with Crippen LogP contribution in [0.15, 0.2) is 29.4 Å². The third kappa shape index (κ3) is 5.30. The number of carbonyl (C=O) groups is 3. The van der Waals surface area contributed by atoms with Crippen LogP contribution in [0.2, 0.25) is 0 Å². The number of Topliss-reactive ketones (excluding diaryl/α,β-unsaturated/α-hetero) is 1. The quantitative estimate of drug-likeness (QED) is 0.354. The van der Waals surface area contributed by atoms with Crippen molar-refractivity contribution in [2.75, 3.05) is 51.3 Å². The van der Waals surface area contributed by atoms with Gasteiger partial charge in [0.15, 0.2) is 5.78 Å². The van der Waals surface area contributed by atoms with Crippen molar-refractivity contribution in [3.05, 3.63) is 40.3 Å². The molecule has 0 spiro atoms. The highest BCUT2D eigenvalue weighted by atomic mass is 16.5. The maximum Gasteiger partial charge on any atom is 0.251 e. The van der Waals surface area contributed by atoms with Crippen LogP contribution in [0.1, 0.15) is 42.5 Å². The average Bonchev–Trinajstić information content (AvgIpc) is 3.49. The summed E-state index contributed by atoms with van der Waals surface area (Å²) in [6.45, 7) is 3.90. The van der Waals surface area contributed by atoms with E-state index in [1.54, 1.807) is 0 Å². The molecule has 11 heteroatoms. The summed E-state index contributed by atoms with van der Waals surface area (Å²) in [6.07, 6.45) is 4.16. The monoisotopic (exact) mass is 509 g/mol. The van der Waals surface area contributed by atoms with Gasteiger partial charge in [-0.2, -0.15) is 0 Å². The normalized spacial score (nSPS) is 27.5. The first-order valence-electron chi connectivity index (χ1n) is 13.3. The van der Waals surface area contributed by atoms with Gasteiger partial charge in [0.2, 0.25) is 5.91 Å². The van der Waals surface area contributed by atoms with Gasteiger partial charge in [-0.25, -0.2) is 0 Å². The Bertz CT molecular complexity index is 1060. The van der Waals surface area contributed by atoms with Gasteiger partial charge in [-0.3, -0.25) is 14.4 Å². The second-order valence-corrected chi connectivity index (χ2v) is 10.6. The summed E-state index contributed by atoms with van der Waals surface area (Å²) in [5.41, 5.74) is 10.5. The molecule has 3 heterocycles. The number of carbonyl (C=O) groups excluding carboxylic acids is 3. The van der Waals surface area contributed by atoms with Crippen LogP contribution in [0.25, 0.3) is 10.4 Å². The minimum Gasteiger partial charge on any atom is -0.369 e. The number of piperazine rings is 1. The molecule has 4 aliphatic rings. The summed E-state index contributed by atoms with van der Waals surface area (Å²) in [7, 11) is 2.11. The molecule has 198 valence electrons. The van der Waals surface area contributed by atoms with E-state index < -0.39 is 24.2 Å². The molecule has 0 aromatic heterocycles. The number of benzene rings is 1. The third-order valence-corrected chi connectivity index (χ3v) is 8.31. The standard InChI is InChI=1S/C26H35N7O4/c1-31-11-13-32(14-12-31)19-9-7-18(8-10-19)25(35)28-22(17-5-3-2-4-6-17)26(36)33-15-20(29-30-27)24-23(33)21(34)16-37-24/h7-10,17,20,22-24H,2-6,11-16H2,1H3,(H,28,35)/t20-,22-,23+,24+/m0/s1. The van der Waals surface area contributed by atoms with E-state index in [9.17, 15) is 14.4 Å². The van der Waals surface area contributed by atoms with Crippen LogP contribution >= 0.6 is 0 Å². The van der Waals surface area contributed by atoms with E-state index in [2.05, 4.69) is 32.2 Å². The molecule has 2 amide bonds. The van der Waals surface area contributed by atoms with Gasteiger partial charge >= 0.3 is 0 Å². The van der Waals surface area contributed by atoms with Crippen molar-refractivity contribution in [2.24, 2.45) is 11.0 Å². The van der Waals surface area contributed by atoms with Crippen molar-refractivity contribution in [1.82, 2.24) is 15.1 Å². The minimum atomic E-state index is -0.770. The highest BCUT2D eigenvalue weighted by Gasteiger charge is 2.53. The van der Waals surface area contributed by atoms with Gasteiger partial charge in [0, 0.05) is 48.9 Å². The number of likely N-dealkylation sites (N-methyl/N-ethyl adjacent to an activating group) is 1. The van der Waals surface area contributed by atoms with E-state index in [-0.39, 0.29) is 36.7 Å². The first-order valence-corrected chi connectivity index (χ1v) is 13.3. The molecule has 1 aromatic rings. The van der Waals surface area contributed by atoms with Gasteiger partial charge in [0.25, 0.3) is 5.91 Å². The van der Waals surface area contributed by atoms with Crippen molar-refractivity contribution >= 4 is 23.3 Å². The number of azide groups is 1. The highest BCUT2D eigenvalue weighted by molar-refractivity contribution is 5.99. The Morgan fingerprint density at radius 1 is 1.11 bits per heavy atom. The summed E-state index contributed by atoms with van der Waals surface area (Å²) in [4.78, 5) is 48.8. The van der Waals surface area contributed by atoms with E-state index in [4.69, 9.17) is 10.3 Å². The molecule has 0 radical (unpaired) electrons. The molecule has 3 aliphatic heterocycles. The number of amides is 2. The molecule has 1 N–H and O–H groups in total. The number of hydrogen-bond donors (Lipinski definition) is 1. The number of anilines is 1. The van der Waals surface area contributed by atoms with E-state index in [0.717, 1.165) is 64.0 Å². The topological polar surface area (TPSA) is 131 Å². The van der Waals surface area contributed by atoms with Gasteiger partial charge in [0.05, 0.1) is 12.1 Å². The summed E-state index contributed by atoms with van der Waals surface area (Å²) in [5.74, 6) is -0.796. The minimum absolute atomic E-state index is 0.01000. The molecule has 1 aromatic carbocycles. The number of fused-ring (bicyclic) bond motifs is 1. The summed E-state index contributed by atoms with van der Waals surface area (Å²) in [5, 5.41) is 6.80. The van der Waals surface area contributed by atoms with Crippen LogP contribution in [-0.2, 0) is 14.3 Å². The zero-order valence-corrected chi connectivity index (χ0v) is 21.3. The molecule has 5 rings (SSSR count). The summed E-state index contributed by atoms with van der Waals surface area (Å²) >= 11 is 0. The van der Waals surface area contributed by atoms with Crippen LogP contribution < -0.4 is 10.2 Å². The SMILES string of the molecule is CN1CCN(c2ccc(C(=O)N[C@H](C(=O)N3C[C@H](N=[N+]=[N-])[C@H]4OCC(=O)[C@H]43)C3CCCCC3)cc2)CC1. The lowest BCUT2D eigenvalue weighted by atomic mass is 9.83. The van der Waals surface area contributed by atoms with Gasteiger partial charge < -0.3 is 24.8 Å². The van der Waals surface area contributed by atoms with Crippen LogP contribution in [0, 0.1) is 5.92 Å². The highest BCUT2D eigenvalue weighted by Crippen LogP contribution is 2.33. The molecule has 3 saturated heterocycles. The zero-order valence-electron chi connectivity index (χ0n) is 21.3. The lowest BCUT2D eigenvalue weighted by molar-refractivity contribution is -0.139. The molecule has 4 fully saturated rings. The summed E-state index contributed by atoms with van der Waals surface area (Å²) in [6, 6.07) is 5.41. The van der Waals surface area contributed by atoms with Gasteiger partial charge in [0.1, 0.15) is 18.7 Å². The predicted molar refractivity (Wildman–Crippen MR) is 137 cm³/mol. The Balaban J connectivity index is 1.33.